The second kappa shape index (κ2) is 5.58. The van der Waals surface area contributed by atoms with Gasteiger partial charge in [-0.2, -0.15) is 0 Å². The molecule has 5 heteroatoms. The monoisotopic (exact) mass is 208 g/mol. The molecule has 0 bridgehead atoms. The van der Waals surface area contributed by atoms with Gasteiger partial charge in [-0.15, -0.1) is 0 Å². The molecule has 0 saturated heterocycles. The first-order valence-electron chi connectivity index (χ1n) is 4.96. The molecule has 0 heterocycles. The van der Waals surface area contributed by atoms with Crippen LogP contribution < -0.4 is 5.32 Å². The van der Waals surface area contributed by atoms with Crippen molar-refractivity contribution >= 4 is 0 Å². The lowest BCUT2D eigenvalue weighted by molar-refractivity contribution is 0.0680. The molecule has 84 valence electrons. The molecule has 2 N–H and O–H groups in total. The SMILES string of the molecule is CN(CC(F)F)CC(O)CNC1CC1. The molecule has 1 saturated carbocycles. The predicted molar refractivity (Wildman–Crippen MR) is 50.5 cm³/mol. The Balaban J connectivity index is 2.02. The molecule has 0 aromatic carbocycles. The van der Waals surface area contributed by atoms with E-state index in [0.29, 0.717) is 19.1 Å². The third-order valence-corrected chi connectivity index (χ3v) is 2.19. The second-order valence-corrected chi connectivity index (χ2v) is 3.95. The Labute approximate surface area is 83.1 Å². The first-order valence-corrected chi connectivity index (χ1v) is 4.96. The number of hydrogen-bond donors (Lipinski definition) is 2. The van der Waals surface area contributed by atoms with Crippen molar-refractivity contribution in [2.75, 3.05) is 26.7 Å². The van der Waals surface area contributed by atoms with E-state index in [1.807, 2.05) is 0 Å². The molecule has 0 amide bonds. The van der Waals surface area contributed by atoms with E-state index in [1.54, 1.807) is 7.05 Å². The number of rotatable bonds is 7. The van der Waals surface area contributed by atoms with Gasteiger partial charge in [-0.25, -0.2) is 8.78 Å². The van der Waals surface area contributed by atoms with Crippen LogP contribution in [0.2, 0.25) is 0 Å². The Morgan fingerprint density at radius 2 is 2.07 bits per heavy atom. The number of aliphatic hydroxyl groups excluding tert-OH is 1. The van der Waals surface area contributed by atoms with Crippen molar-refractivity contribution < 1.29 is 13.9 Å². The van der Waals surface area contributed by atoms with Gasteiger partial charge in [0.05, 0.1) is 12.6 Å². The smallest absolute Gasteiger partial charge is 0.251 e. The van der Waals surface area contributed by atoms with Crippen LogP contribution in [0.1, 0.15) is 12.8 Å². The molecule has 1 fully saturated rings. The summed E-state index contributed by atoms with van der Waals surface area (Å²) in [6.45, 7) is 0.517. The zero-order chi connectivity index (χ0) is 10.6. The van der Waals surface area contributed by atoms with Gasteiger partial charge in [0, 0.05) is 19.1 Å². The third-order valence-electron chi connectivity index (χ3n) is 2.19. The number of halogens is 2. The summed E-state index contributed by atoms with van der Waals surface area (Å²) in [5.41, 5.74) is 0. The van der Waals surface area contributed by atoms with Crippen LogP contribution in [-0.4, -0.2) is 55.3 Å². The van der Waals surface area contributed by atoms with Gasteiger partial charge in [-0.1, -0.05) is 0 Å². The van der Waals surface area contributed by atoms with Gasteiger partial charge in [0.25, 0.3) is 6.43 Å². The van der Waals surface area contributed by atoms with E-state index in [1.165, 1.54) is 17.7 Å². The van der Waals surface area contributed by atoms with Gasteiger partial charge in [0.2, 0.25) is 0 Å². The summed E-state index contributed by atoms with van der Waals surface area (Å²) < 4.78 is 23.8. The van der Waals surface area contributed by atoms with Crippen LogP contribution in [0.3, 0.4) is 0 Å². The highest BCUT2D eigenvalue weighted by Gasteiger charge is 2.21. The number of likely N-dealkylation sites (N-methyl/N-ethyl adjacent to an activating group) is 1. The molecule has 14 heavy (non-hydrogen) atoms. The van der Waals surface area contributed by atoms with Gasteiger partial charge in [-0.05, 0) is 19.9 Å². The first kappa shape index (κ1) is 11.8. The molecule has 0 aromatic heterocycles. The minimum atomic E-state index is -2.33. The molecular weight excluding hydrogens is 190 g/mol. The Bertz CT molecular complexity index is 165. The summed E-state index contributed by atoms with van der Waals surface area (Å²) in [6, 6.07) is 0.546. The number of alkyl halides is 2. The van der Waals surface area contributed by atoms with Gasteiger partial charge >= 0.3 is 0 Å². The van der Waals surface area contributed by atoms with Gasteiger partial charge in [-0.3, -0.25) is 4.90 Å². The number of nitrogens with zero attached hydrogens (tertiary/aromatic N) is 1. The van der Waals surface area contributed by atoms with Crippen molar-refractivity contribution in [2.24, 2.45) is 0 Å². The van der Waals surface area contributed by atoms with Crippen LogP contribution in [-0.2, 0) is 0 Å². The zero-order valence-electron chi connectivity index (χ0n) is 8.42. The molecule has 0 aromatic rings. The highest BCUT2D eigenvalue weighted by atomic mass is 19.3. The molecule has 1 atom stereocenters. The normalized spacial score (nSPS) is 19.3. The standard InChI is InChI=1S/C9H18F2N2O/c1-13(6-9(10)11)5-8(14)4-12-7-2-3-7/h7-9,12,14H,2-6H2,1H3. The molecular formula is C9H18F2N2O. The van der Waals surface area contributed by atoms with Crippen molar-refractivity contribution in [3.05, 3.63) is 0 Å². The Hall–Kier alpha value is -0.260. The van der Waals surface area contributed by atoms with Crippen molar-refractivity contribution in [1.82, 2.24) is 10.2 Å². The van der Waals surface area contributed by atoms with Gasteiger partial charge in [0.15, 0.2) is 0 Å². The topological polar surface area (TPSA) is 35.5 Å². The predicted octanol–water partition coefficient (Wildman–Crippen LogP) is 0.296. The van der Waals surface area contributed by atoms with Crippen molar-refractivity contribution in [1.29, 1.82) is 0 Å². The lowest BCUT2D eigenvalue weighted by Gasteiger charge is -2.20. The van der Waals surface area contributed by atoms with Crippen LogP contribution in [0.25, 0.3) is 0 Å². The van der Waals surface area contributed by atoms with E-state index in [2.05, 4.69) is 5.32 Å². The van der Waals surface area contributed by atoms with Crippen LogP contribution >= 0.6 is 0 Å². The van der Waals surface area contributed by atoms with Gasteiger partial charge in [0.1, 0.15) is 0 Å². The molecule has 1 aliphatic rings. The van der Waals surface area contributed by atoms with Gasteiger partial charge < -0.3 is 10.4 Å². The summed E-state index contributed by atoms with van der Waals surface area (Å²) in [6.07, 6.45) is -0.554. The fraction of sp³-hybridized carbons (Fsp3) is 1.00. The quantitative estimate of drug-likeness (QED) is 0.631. The fourth-order valence-corrected chi connectivity index (χ4v) is 1.32. The Morgan fingerprint density at radius 3 is 2.57 bits per heavy atom. The minimum Gasteiger partial charge on any atom is -0.390 e. The summed E-state index contributed by atoms with van der Waals surface area (Å²) in [4.78, 5) is 1.45. The van der Waals surface area contributed by atoms with E-state index in [4.69, 9.17) is 0 Å². The number of aliphatic hydroxyl groups is 1. The largest absolute Gasteiger partial charge is 0.390 e. The van der Waals surface area contributed by atoms with E-state index >= 15 is 0 Å². The average molecular weight is 208 g/mol. The van der Waals surface area contributed by atoms with E-state index in [0.717, 1.165) is 0 Å². The minimum absolute atomic E-state index is 0.277. The van der Waals surface area contributed by atoms with Crippen molar-refractivity contribution in [3.8, 4) is 0 Å². The zero-order valence-corrected chi connectivity index (χ0v) is 8.42. The highest BCUT2D eigenvalue weighted by molar-refractivity contribution is 4.82. The average Bonchev–Trinajstić information content (AvgIpc) is 2.81. The second-order valence-electron chi connectivity index (χ2n) is 3.95. The summed E-state index contributed by atoms with van der Waals surface area (Å²) in [5.74, 6) is 0. The third kappa shape index (κ3) is 5.47. The van der Waals surface area contributed by atoms with E-state index < -0.39 is 12.5 Å². The van der Waals surface area contributed by atoms with Crippen LogP contribution in [0.5, 0.6) is 0 Å². The highest BCUT2D eigenvalue weighted by Crippen LogP contribution is 2.18. The van der Waals surface area contributed by atoms with Crippen LogP contribution in [0.4, 0.5) is 8.78 Å². The van der Waals surface area contributed by atoms with E-state index in [-0.39, 0.29) is 6.54 Å². The van der Waals surface area contributed by atoms with E-state index in [9.17, 15) is 13.9 Å². The Kier molecular flexibility index (Phi) is 4.71. The molecule has 0 radical (unpaired) electrons. The van der Waals surface area contributed by atoms with Crippen LogP contribution in [0, 0.1) is 0 Å². The van der Waals surface area contributed by atoms with Crippen molar-refractivity contribution in [3.63, 3.8) is 0 Å². The summed E-state index contributed by atoms with van der Waals surface area (Å²) in [5, 5.41) is 12.6. The molecule has 1 rings (SSSR count). The maximum absolute atomic E-state index is 11.9. The first-order chi connectivity index (χ1) is 6.58. The molecule has 1 aliphatic carbocycles. The number of hydrogen-bond acceptors (Lipinski definition) is 3. The fourth-order valence-electron chi connectivity index (χ4n) is 1.32. The summed E-state index contributed by atoms with van der Waals surface area (Å²) in [7, 11) is 1.59. The molecule has 0 aliphatic heterocycles. The maximum atomic E-state index is 11.9. The molecule has 1 unspecified atom stereocenters. The number of nitrogens with one attached hydrogen (secondary N) is 1. The van der Waals surface area contributed by atoms with Crippen molar-refractivity contribution in [2.45, 2.75) is 31.4 Å². The molecule has 3 nitrogen and oxygen atoms in total. The Morgan fingerprint density at radius 1 is 1.43 bits per heavy atom. The molecule has 0 spiro atoms. The summed E-state index contributed by atoms with van der Waals surface area (Å²) >= 11 is 0. The maximum Gasteiger partial charge on any atom is 0.251 e. The lowest BCUT2D eigenvalue weighted by atomic mass is 10.3. The van der Waals surface area contributed by atoms with Crippen LogP contribution in [0.15, 0.2) is 0 Å². The lowest BCUT2D eigenvalue weighted by Crippen LogP contribution is -2.38.